The van der Waals surface area contributed by atoms with E-state index in [0.717, 1.165) is 21.3 Å². The highest BCUT2D eigenvalue weighted by atomic mass is 32.2. The number of hydrogen-bond acceptors (Lipinski definition) is 5. The first-order valence-corrected chi connectivity index (χ1v) is 8.88. The Hall–Kier alpha value is -1.44. The first-order valence-electron chi connectivity index (χ1n) is 6.52. The number of thiazole rings is 1. The minimum atomic E-state index is -3.71. The fourth-order valence-corrected chi connectivity index (χ4v) is 4.00. The third kappa shape index (κ3) is 3.61. The van der Waals surface area contributed by atoms with Gasteiger partial charge in [-0.05, 0) is 45.4 Å². The molecule has 0 saturated carbocycles. The predicted molar refractivity (Wildman–Crippen MR) is 86.2 cm³/mol. The van der Waals surface area contributed by atoms with Crippen LogP contribution in [0.15, 0.2) is 23.1 Å². The van der Waals surface area contributed by atoms with Gasteiger partial charge in [0.25, 0.3) is 0 Å². The molecular weight excluding hydrogens is 306 g/mol. The molecule has 1 aromatic carbocycles. The standard InChI is InChI=1S/C14H19N3O2S2/c1-8-5-6-12(7-13(8)21(15,18)19)17-10(3)14-9(2)16-11(4)20-14/h5-7,10,17H,1-4H3,(H2,15,18,19). The van der Waals surface area contributed by atoms with Gasteiger partial charge in [0.05, 0.1) is 21.6 Å². The molecule has 0 fully saturated rings. The van der Waals surface area contributed by atoms with E-state index in [-0.39, 0.29) is 10.9 Å². The molecule has 0 amide bonds. The topological polar surface area (TPSA) is 85.1 Å². The molecule has 2 aromatic rings. The maximum Gasteiger partial charge on any atom is 0.238 e. The van der Waals surface area contributed by atoms with E-state index in [1.807, 2.05) is 26.8 Å². The highest BCUT2D eigenvalue weighted by molar-refractivity contribution is 7.89. The number of aromatic nitrogens is 1. The fourth-order valence-electron chi connectivity index (χ4n) is 2.26. The van der Waals surface area contributed by atoms with Crippen molar-refractivity contribution in [3.63, 3.8) is 0 Å². The van der Waals surface area contributed by atoms with Gasteiger partial charge in [-0.1, -0.05) is 6.07 Å². The van der Waals surface area contributed by atoms with Crippen LogP contribution in [0.2, 0.25) is 0 Å². The number of sulfonamides is 1. The molecule has 1 unspecified atom stereocenters. The molecule has 5 nitrogen and oxygen atoms in total. The summed E-state index contributed by atoms with van der Waals surface area (Å²) in [7, 11) is -3.71. The van der Waals surface area contributed by atoms with Crippen molar-refractivity contribution in [2.75, 3.05) is 5.32 Å². The second kappa shape index (κ2) is 5.75. The molecule has 1 heterocycles. The molecular formula is C14H19N3O2S2. The van der Waals surface area contributed by atoms with Gasteiger partial charge in [0, 0.05) is 10.6 Å². The molecule has 7 heteroatoms. The Bertz CT molecular complexity index is 767. The lowest BCUT2D eigenvalue weighted by atomic mass is 10.2. The molecule has 0 aliphatic carbocycles. The summed E-state index contributed by atoms with van der Waals surface area (Å²) in [5.41, 5.74) is 2.36. The van der Waals surface area contributed by atoms with Crippen LogP contribution in [0.4, 0.5) is 5.69 Å². The zero-order valence-corrected chi connectivity index (χ0v) is 14.1. The lowest BCUT2D eigenvalue weighted by molar-refractivity contribution is 0.597. The molecule has 1 atom stereocenters. The second-order valence-electron chi connectivity index (χ2n) is 5.07. The van der Waals surface area contributed by atoms with Crippen LogP contribution in [0, 0.1) is 20.8 Å². The van der Waals surface area contributed by atoms with E-state index in [1.54, 1.807) is 30.4 Å². The van der Waals surface area contributed by atoms with Gasteiger partial charge in [-0.25, -0.2) is 18.5 Å². The van der Waals surface area contributed by atoms with Gasteiger partial charge in [-0.15, -0.1) is 11.3 Å². The first-order chi connectivity index (χ1) is 9.68. The Morgan fingerprint density at radius 1 is 1.29 bits per heavy atom. The van der Waals surface area contributed by atoms with Gasteiger partial charge >= 0.3 is 0 Å². The van der Waals surface area contributed by atoms with Crippen LogP contribution in [-0.2, 0) is 10.0 Å². The molecule has 0 aliphatic heterocycles. The molecule has 0 aliphatic rings. The van der Waals surface area contributed by atoms with Crippen LogP contribution in [0.5, 0.6) is 0 Å². The monoisotopic (exact) mass is 325 g/mol. The van der Waals surface area contributed by atoms with E-state index < -0.39 is 10.0 Å². The number of nitrogens with zero attached hydrogens (tertiary/aromatic N) is 1. The summed E-state index contributed by atoms with van der Waals surface area (Å²) in [4.78, 5) is 5.70. The minimum absolute atomic E-state index is 0.0484. The Kier molecular flexibility index (Phi) is 4.36. The van der Waals surface area contributed by atoms with Crippen molar-refractivity contribution in [3.05, 3.63) is 39.3 Å². The number of anilines is 1. The van der Waals surface area contributed by atoms with Crippen molar-refractivity contribution < 1.29 is 8.42 Å². The fraction of sp³-hybridized carbons (Fsp3) is 0.357. The molecule has 3 N–H and O–H groups in total. The molecule has 2 rings (SSSR count). The Balaban J connectivity index is 2.30. The van der Waals surface area contributed by atoms with E-state index >= 15 is 0 Å². The molecule has 0 saturated heterocycles. The molecule has 114 valence electrons. The Morgan fingerprint density at radius 2 is 1.95 bits per heavy atom. The van der Waals surface area contributed by atoms with Gasteiger partial charge in [0.2, 0.25) is 10.0 Å². The number of hydrogen-bond donors (Lipinski definition) is 2. The minimum Gasteiger partial charge on any atom is -0.378 e. The number of benzene rings is 1. The smallest absolute Gasteiger partial charge is 0.238 e. The van der Waals surface area contributed by atoms with E-state index in [9.17, 15) is 8.42 Å². The van der Waals surface area contributed by atoms with Crippen LogP contribution in [0.3, 0.4) is 0 Å². The summed E-state index contributed by atoms with van der Waals surface area (Å²) in [5, 5.41) is 9.55. The van der Waals surface area contributed by atoms with Crippen LogP contribution in [-0.4, -0.2) is 13.4 Å². The summed E-state index contributed by atoms with van der Waals surface area (Å²) < 4.78 is 23.1. The number of nitrogens with two attached hydrogens (primary N) is 1. The molecule has 21 heavy (non-hydrogen) atoms. The van der Waals surface area contributed by atoms with E-state index in [2.05, 4.69) is 10.3 Å². The maximum absolute atomic E-state index is 11.6. The van der Waals surface area contributed by atoms with Crippen molar-refractivity contribution in [1.29, 1.82) is 0 Å². The van der Waals surface area contributed by atoms with E-state index in [4.69, 9.17) is 5.14 Å². The molecule has 0 spiro atoms. The summed E-state index contributed by atoms with van der Waals surface area (Å²) in [6.45, 7) is 7.70. The number of rotatable bonds is 4. The zero-order valence-electron chi connectivity index (χ0n) is 12.5. The van der Waals surface area contributed by atoms with Crippen molar-refractivity contribution in [2.24, 2.45) is 5.14 Å². The van der Waals surface area contributed by atoms with Crippen molar-refractivity contribution in [2.45, 2.75) is 38.6 Å². The van der Waals surface area contributed by atoms with Gasteiger partial charge < -0.3 is 5.32 Å². The maximum atomic E-state index is 11.6. The average molecular weight is 325 g/mol. The van der Waals surface area contributed by atoms with Gasteiger partial charge in [-0.3, -0.25) is 0 Å². The lowest BCUT2D eigenvalue weighted by Gasteiger charge is -2.15. The number of primary sulfonamides is 1. The largest absolute Gasteiger partial charge is 0.378 e. The van der Waals surface area contributed by atoms with Crippen LogP contribution in [0.25, 0.3) is 0 Å². The van der Waals surface area contributed by atoms with Crippen LogP contribution < -0.4 is 10.5 Å². The molecule has 1 aromatic heterocycles. The third-order valence-electron chi connectivity index (χ3n) is 3.21. The normalized spacial score (nSPS) is 13.2. The SMILES string of the molecule is Cc1nc(C)c(C(C)Nc2ccc(C)c(S(N)(=O)=O)c2)s1. The summed E-state index contributed by atoms with van der Waals surface area (Å²) in [5.74, 6) is 0. The molecule has 0 radical (unpaired) electrons. The highest BCUT2D eigenvalue weighted by Gasteiger charge is 2.15. The number of aryl methyl sites for hydroxylation is 3. The third-order valence-corrected chi connectivity index (χ3v) is 5.52. The predicted octanol–water partition coefficient (Wildman–Crippen LogP) is 2.89. The Morgan fingerprint density at radius 3 is 2.48 bits per heavy atom. The summed E-state index contributed by atoms with van der Waals surface area (Å²) >= 11 is 1.64. The highest BCUT2D eigenvalue weighted by Crippen LogP contribution is 2.28. The van der Waals surface area contributed by atoms with Gasteiger partial charge in [0.15, 0.2) is 0 Å². The average Bonchev–Trinajstić information content (AvgIpc) is 2.69. The quantitative estimate of drug-likeness (QED) is 0.905. The Labute approximate surface area is 129 Å². The lowest BCUT2D eigenvalue weighted by Crippen LogP contribution is -2.14. The van der Waals surface area contributed by atoms with E-state index in [1.165, 1.54) is 0 Å². The zero-order chi connectivity index (χ0) is 15.8. The summed E-state index contributed by atoms with van der Waals surface area (Å²) in [6.07, 6.45) is 0. The van der Waals surface area contributed by atoms with Crippen LogP contribution >= 0.6 is 11.3 Å². The van der Waals surface area contributed by atoms with Gasteiger partial charge in [-0.2, -0.15) is 0 Å². The van der Waals surface area contributed by atoms with Crippen molar-refractivity contribution in [1.82, 2.24) is 4.98 Å². The second-order valence-corrected chi connectivity index (χ2v) is 7.84. The van der Waals surface area contributed by atoms with E-state index in [0.29, 0.717) is 5.56 Å². The summed E-state index contributed by atoms with van der Waals surface area (Å²) in [6, 6.07) is 5.22. The first kappa shape index (κ1) is 15.9. The van der Waals surface area contributed by atoms with Crippen molar-refractivity contribution >= 4 is 27.0 Å². The van der Waals surface area contributed by atoms with Crippen LogP contribution in [0.1, 0.15) is 34.1 Å². The number of nitrogens with one attached hydrogen (secondary N) is 1. The molecule has 0 bridgehead atoms. The van der Waals surface area contributed by atoms with Crippen molar-refractivity contribution in [3.8, 4) is 0 Å². The van der Waals surface area contributed by atoms with Gasteiger partial charge in [0.1, 0.15) is 0 Å².